The number of hydrogen-bond donors (Lipinski definition) is 19. The van der Waals surface area contributed by atoms with Crippen molar-refractivity contribution in [2.24, 2.45) is 46.8 Å². The SMILES string of the molecule is CC(C)C[C@H](NC(=O)[C@H](CCC(N)=O)NC(=O)[C@H](CO)NC(=O)[C@@H](NC(=O)CNC(=O)[C@@H](NC(=O)[C@@H](NC(=O)[C@H](CCC(=O)O)NC(=O)[C@H](CCC(=O)O)NC(=O)[C@@H](N)CC1CCCCC1)[C@@H](C)O)C(C)C)C(C)C)C(=O)N[C@@H](CCC(=O)O)C(=O)N[C@H](C(N)=O)C(C)C. The first-order chi connectivity index (χ1) is 43.8. The van der Waals surface area contributed by atoms with Gasteiger partial charge in [-0.25, -0.2) is 0 Å². The van der Waals surface area contributed by atoms with E-state index in [0.717, 1.165) is 39.0 Å². The standard InChI is InChI=1S/C59H100N14O21/c1-27(2)23-38(55(90)66-36(17-21-43(80)81)53(88)71-45(28(3)4)49(62)84)68-52(87)34(15-19-40(61)76)67-56(91)39(26-74)69-58(93)47(30(7)8)70-41(77)25-63-57(92)46(29(5)6)72-59(94)48(31(9)75)73-54(89)37(18-22-44(82)83)65-51(86)35(16-20-42(78)79)64-50(85)33(60)24-32-13-11-10-12-14-32/h27-39,45-48,74-75H,10-26,60H2,1-9H3,(H2,61,76)(H2,62,84)(H,63,92)(H,64,85)(H,65,86)(H,66,90)(H,67,91)(H,68,87)(H,69,93)(H,70,77)(H,71,88)(H,72,94)(H,73,89)(H,78,79)(H,80,81)(H,82,83)/t31-,33+,34+,35+,36+,37+,38+,39+,45+,46+,47+,48+/m1/s1. The van der Waals surface area contributed by atoms with Crippen LogP contribution >= 0.6 is 0 Å². The van der Waals surface area contributed by atoms with Gasteiger partial charge in [-0.05, 0) is 75.0 Å². The number of aliphatic hydroxyl groups excluding tert-OH is 2. The minimum atomic E-state index is -1.89. The molecule has 1 fully saturated rings. The maximum absolute atomic E-state index is 13.9. The van der Waals surface area contributed by atoms with Crippen LogP contribution in [0.15, 0.2) is 0 Å². The average molecular weight is 1340 g/mol. The highest BCUT2D eigenvalue weighted by molar-refractivity contribution is 5.99. The maximum atomic E-state index is 13.9. The molecule has 0 spiro atoms. The number of hydrogen-bond acceptors (Lipinski definition) is 19. The van der Waals surface area contributed by atoms with E-state index in [1.165, 1.54) is 27.7 Å². The van der Waals surface area contributed by atoms with E-state index in [1.54, 1.807) is 27.7 Å². The molecule has 1 saturated carbocycles. The van der Waals surface area contributed by atoms with Gasteiger partial charge in [-0.3, -0.25) is 76.7 Å². The van der Waals surface area contributed by atoms with Crippen LogP contribution in [0.2, 0.25) is 0 Å². The van der Waals surface area contributed by atoms with Gasteiger partial charge >= 0.3 is 17.9 Å². The van der Waals surface area contributed by atoms with Crippen molar-refractivity contribution in [2.75, 3.05) is 13.2 Å². The van der Waals surface area contributed by atoms with Crippen molar-refractivity contribution in [1.29, 1.82) is 0 Å². The number of amides is 13. The first kappa shape index (κ1) is 83.4. The van der Waals surface area contributed by atoms with E-state index in [2.05, 4.69) is 58.5 Å². The van der Waals surface area contributed by atoms with Crippen molar-refractivity contribution in [3.8, 4) is 0 Å². The molecule has 12 atom stereocenters. The second kappa shape index (κ2) is 41.9. The molecule has 0 radical (unpaired) electrons. The zero-order valence-corrected chi connectivity index (χ0v) is 54.8. The number of aliphatic hydroxyl groups is 2. The summed E-state index contributed by atoms with van der Waals surface area (Å²) in [6.45, 7) is 11.5. The maximum Gasteiger partial charge on any atom is 0.303 e. The molecular formula is C59H100N14O21. The van der Waals surface area contributed by atoms with Crippen LogP contribution < -0.4 is 75.7 Å². The summed E-state index contributed by atoms with van der Waals surface area (Å²) >= 11 is 0. The van der Waals surface area contributed by atoms with Gasteiger partial charge in [-0.1, -0.05) is 87.5 Å². The zero-order valence-electron chi connectivity index (χ0n) is 54.8. The summed E-state index contributed by atoms with van der Waals surface area (Å²) in [4.78, 5) is 209. The Labute approximate surface area is 545 Å². The Kier molecular flexibility index (Phi) is 37.2. The molecule has 532 valence electrons. The minimum Gasteiger partial charge on any atom is -0.481 e. The molecule has 0 unspecified atom stereocenters. The van der Waals surface area contributed by atoms with Crippen LogP contribution in [-0.4, -0.2) is 206 Å². The molecule has 94 heavy (non-hydrogen) atoms. The molecule has 0 aromatic heterocycles. The molecule has 1 aliphatic rings. The van der Waals surface area contributed by atoms with E-state index in [-0.39, 0.29) is 18.3 Å². The van der Waals surface area contributed by atoms with Gasteiger partial charge < -0.3 is 101 Å². The summed E-state index contributed by atoms with van der Waals surface area (Å²) in [5.41, 5.74) is 17.0. The minimum absolute atomic E-state index is 0.102. The molecule has 0 heterocycles. The number of primary amides is 2. The lowest BCUT2D eigenvalue weighted by Crippen LogP contribution is -2.62. The van der Waals surface area contributed by atoms with Gasteiger partial charge in [0.25, 0.3) is 0 Å². The predicted octanol–water partition coefficient (Wildman–Crippen LogP) is -5.02. The van der Waals surface area contributed by atoms with Crippen molar-refractivity contribution >= 4 is 94.7 Å². The first-order valence-corrected chi connectivity index (χ1v) is 31.4. The lowest BCUT2D eigenvalue weighted by atomic mass is 9.85. The average Bonchev–Trinajstić information content (AvgIpc) is 0.898. The number of aliphatic carboxylic acids is 3. The van der Waals surface area contributed by atoms with Crippen LogP contribution in [-0.2, 0) is 76.7 Å². The monoisotopic (exact) mass is 1340 g/mol. The van der Waals surface area contributed by atoms with E-state index in [4.69, 9.17) is 17.2 Å². The highest BCUT2D eigenvalue weighted by Crippen LogP contribution is 2.27. The van der Waals surface area contributed by atoms with Gasteiger partial charge in [0.2, 0.25) is 76.8 Å². The van der Waals surface area contributed by atoms with Gasteiger partial charge in [-0.15, -0.1) is 0 Å². The Bertz CT molecular complexity index is 2650. The van der Waals surface area contributed by atoms with Crippen molar-refractivity contribution < 1.29 is 102 Å². The number of carbonyl (C=O) groups excluding carboxylic acids is 13. The van der Waals surface area contributed by atoms with E-state index in [0.29, 0.717) is 6.42 Å². The molecule has 22 N–H and O–H groups in total. The summed E-state index contributed by atoms with van der Waals surface area (Å²) in [5, 5.41) is 75.1. The van der Waals surface area contributed by atoms with E-state index in [9.17, 15) is 102 Å². The van der Waals surface area contributed by atoms with Crippen LogP contribution in [0.4, 0.5) is 0 Å². The summed E-state index contributed by atoms with van der Waals surface area (Å²) in [6, 6.07) is -17.0. The second-order valence-corrected chi connectivity index (χ2v) is 24.9. The lowest BCUT2D eigenvalue weighted by molar-refractivity contribution is -0.140. The molecule has 35 heteroatoms. The number of carbonyl (C=O) groups is 16. The normalized spacial score (nSPS) is 16.3. The molecule has 13 amide bonds. The number of carboxylic acids is 3. The predicted molar refractivity (Wildman–Crippen MR) is 332 cm³/mol. The van der Waals surface area contributed by atoms with Crippen molar-refractivity contribution in [2.45, 2.75) is 231 Å². The Balaban J connectivity index is 3.27. The molecule has 0 bridgehead atoms. The quantitative estimate of drug-likeness (QED) is 0.0272. The van der Waals surface area contributed by atoms with Crippen LogP contribution in [0.25, 0.3) is 0 Å². The fourth-order valence-electron chi connectivity index (χ4n) is 9.87. The Morgan fingerprint density at radius 1 is 0.415 bits per heavy atom. The van der Waals surface area contributed by atoms with Crippen molar-refractivity contribution in [3.63, 3.8) is 0 Å². The second-order valence-electron chi connectivity index (χ2n) is 24.9. The molecule has 35 nitrogen and oxygen atoms in total. The summed E-state index contributed by atoms with van der Waals surface area (Å²) in [5.74, 6) is -19.6. The largest absolute Gasteiger partial charge is 0.481 e. The zero-order chi connectivity index (χ0) is 71.9. The van der Waals surface area contributed by atoms with Crippen LogP contribution in [0.1, 0.15) is 159 Å². The number of rotatable bonds is 44. The highest BCUT2D eigenvalue weighted by Gasteiger charge is 2.38. The van der Waals surface area contributed by atoms with Crippen molar-refractivity contribution in [1.82, 2.24) is 58.5 Å². The number of nitrogens with one attached hydrogen (secondary N) is 11. The fraction of sp³-hybridized carbons (Fsp3) is 0.729. The van der Waals surface area contributed by atoms with Gasteiger partial charge in [0, 0.05) is 25.7 Å². The van der Waals surface area contributed by atoms with Gasteiger partial charge in [0.05, 0.1) is 25.3 Å². The summed E-state index contributed by atoms with van der Waals surface area (Å²) < 4.78 is 0. The van der Waals surface area contributed by atoms with Gasteiger partial charge in [0.1, 0.15) is 60.4 Å². The third-order valence-corrected chi connectivity index (χ3v) is 15.2. The summed E-state index contributed by atoms with van der Waals surface area (Å²) in [6.07, 6.45) is -1.34. The molecule has 0 aromatic rings. The van der Waals surface area contributed by atoms with E-state index >= 15 is 0 Å². The Hall–Kier alpha value is -8.60. The first-order valence-electron chi connectivity index (χ1n) is 31.4. The molecule has 0 aromatic carbocycles. The van der Waals surface area contributed by atoms with Crippen LogP contribution in [0.5, 0.6) is 0 Å². The number of nitrogens with two attached hydrogens (primary N) is 3. The van der Waals surface area contributed by atoms with Crippen LogP contribution in [0.3, 0.4) is 0 Å². The van der Waals surface area contributed by atoms with Crippen LogP contribution in [0, 0.1) is 29.6 Å². The van der Waals surface area contributed by atoms with Crippen molar-refractivity contribution in [3.05, 3.63) is 0 Å². The molecular weight excluding hydrogens is 1240 g/mol. The van der Waals surface area contributed by atoms with Gasteiger partial charge in [0.15, 0.2) is 0 Å². The topological polar surface area (TPSA) is 585 Å². The molecule has 1 aliphatic carbocycles. The smallest absolute Gasteiger partial charge is 0.303 e. The molecule has 0 aliphatic heterocycles. The lowest BCUT2D eigenvalue weighted by Gasteiger charge is -2.29. The Morgan fingerprint density at radius 3 is 1.16 bits per heavy atom. The van der Waals surface area contributed by atoms with E-state index < -0.39 is 250 Å². The molecule has 1 rings (SSSR count). The van der Waals surface area contributed by atoms with Gasteiger partial charge in [-0.2, -0.15) is 0 Å². The third-order valence-electron chi connectivity index (χ3n) is 15.2. The summed E-state index contributed by atoms with van der Waals surface area (Å²) in [7, 11) is 0. The Morgan fingerprint density at radius 2 is 0.766 bits per heavy atom. The number of carboxylic acid groups (broad SMARTS) is 3. The highest BCUT2D eigenvalue weighted by atomic mass is 16.4. The van der Waals surface area contributed by atoms with E-state index in [1.807, 2.05) is 0 Å². The fourth-order valence-corrected chi connectivity index (χ4v) is 9.87. The molecule has 0 saturated heterocycles. The third kappa shape index (κ3) is 31.3.